The van der Waals surface area contributed by atoms with Crippen LogP contribution in [0.5, 0.6) is 11.5 Å². The molecule has 5 rings (SSSR count). The number of halogens is 1. The van der Waals surface area contributed by atoms with Crippen LogP contribution in [0.2, 0.25) is 0 Å². The van der Waals surface area contributed by atoms with E-state index in [1.807, 2.05) is 0 Å². The van der Waals surface area contributed by atoms with Gasteiger partial charge in [0.15, 0.2) is 17.3 Å². The maximum atomic E-state index is 16.0. The number of amidine groups is 1. The molecule has 4 aromatic rings. The first-order valence-electron chi connectivity index (χ1n) is 12.4. The number of benzene rings is 2. The zero-order chi connectivity index (χ0) is 29.7. The Bertz CT molecular complexity index is 1630. The van der Waals surface area contributed by atoms with Gasteiger partial charge in [0.25, 0.3) is 5.97 Å². The lowest BCUT2D eigenvalue weighted by atomic mass is 9.96. The summed E-state index contributed by atoms with van der Waals surface area (Å²) in [5.41, 5.74) is 13.0. The summed E-state index contributed by atoms with van der Waals surface area (Å²) in [4.78, 5) is 28.6. The summed E-state index contributed by atoms with van der Waals surface area (Å²) in [5.74, 6) is -0.382. The molecule has 214 valence electrons. The Hall–Kier alpha value is -5.40. The zero-order valence-electron chi connectivity index (χ0n) is 22.3. The number of nitrogen functional groups attached to an aromatic ring is 2. The van der Waals surface area contributed by atoms with Crippen LogP contribution in [0.15, 0.2) is 53.5 Å². The molecule has 0 radical (unpaired) electrons. The van der Waals surface area contributed by atoms with E-state index in [9.17, 15) is 4.79 Å². The Labute approximate surface area is 233 Å². The van der Waals surface area contributed by atoms with Gasteiger partial charge in [-0.05, 0) is 55.3 Å². The lowest BCUT2D eigenvalue weighted by Gasteiger charge is -2.25. The Morgan fingerprint density at radius 2 is 2.02 bits per heavy atom. The number of carboxylic acids is 1. The van der Waals surface area contributed by atoms with Gasteiger partial charge in [-0.2, -0.15) is 4.68 Å². The lowest BCUT2D eigenvalue weighted by Crippen LogP contribution is -2.20. The van der Waals surface area contributed by atoms with Crippen LogP contribution in [0.25, 0.3) is 5.69 Å². The van der Waals surface area contributed by atoms with Crippen LogP contribution < -0.4 is 31.9 Å². The molecule has 0 amide bonds. The van der Waals surface area contributed by atoms with Gasteiger partial charge in [-0.3, -0.25) is 15.2 Å². The molecule has 14 heteroatoms. The van der Waals surface area contributed by atoms with Gasteiger partial charge in [-0.25, -0.2) is 14.2 Å². The van der Waals surface area contributed by atoms with Crippen molar-refractivity contribution in [3.05, 3.63) is 87.5 Å². The van der Waals surface area contributed by atoms with E-state index in [-0.39, 0.29) is 28.7 Å². The van der Waals surface area contributed by atoms with E-state index in [1.165, 1.54) is 19.4 Å². The van der Waals surface area contributed by atoms with E-state index in [2.05, 4.69) is 20.4 Å². The van der Waals surface area contributed by atoms with Crippen molar-refractivity contribution in [3.8, 4) is 17.2 Å². The van der Waals surface area contributed by atoms with Gasteiger partial charge < -0.3 is 31.4 Å². The summed E-state index contributed by atoms with van der Waals surface area (Å²) in [6, 6.07) is 10.6. The summed E-state index contributed by atoms with van der Waals surface area (Å²) in [6.45, 7) is 1.55. The fourth-order valence-electron chi connectivity index (χ4n) is 4.29. The van der Waals surface area contributed by atoms with E-state index in [0.29, 0.717) is 47.8 Å². The first-order valence-corrected chi connectivity index (χ1v) is 12.4. The number of aliphatic carboxylic acids is 1. The van der Waals surface area contributed by atoms with Gasteiger partial charge in [0.1, 0.15) is 29.2 Å². The van der Waals surface area contributed by atoms with Crippen LogP contribution in [0.1, 0.15) is 41.9 Å². The molecule has 0 unspecified atom stereocenters. The molecule has 0 bridgehead atoms. The quantitative estimate of drug-likeness (QED) is 0.143. The van der Waals surface area contributed by atoms with Crippen molar-refractivity contribution in [2.45, 2.75) is 25.8 Å². The number of ether oxygens (including phenoxy) is 2. The van der Waals surface area contributed by atoms with E-state index in [1.54, 1.807) is 36.4 Å². The number of carboxylic acid groups (broad SMARTS) is 1. The number of nitrogens with two attached hydrogens (primary N) is 2. The largest absolute Gasteiger partial charge is 0.493 e. The van der Waals surface area contributed by atoms with Crippen molar-refractivity contribution in [2.24, 2.45) is 5.73 Å². The van der Waals surface area contributed by atoms with Crippen LogP contribution >= 0.6 is 0 Å². The summed E-state index contributed by atoms with van der Waals surface area (Å²) in [5, 5.41) is 22.7. The number of fused-ring (bicyclic) bond motifs is 1. The van der Waals surface area contributed by atoms with Crippen LogP contribution in [-0.2, 0) is 11.2 Å². The van der Waals surface area contributed by atoms with Crippen molar-refractivity contribution in [2.75, 3.05) is 24.8 Å². The number of nitrogens with one attached hydrogen (secondary N) is 3. The van der Waals surface area contributed by atoms with Gasteiger partial charge >= 0.3 is 5.69 Å². The summed E-state index contributed by atoms with van der Waals surface area (Å²) >= 11 is 0. The Morgan fingerprint density at radius 1 is 1.32 bits per heavy atom. The number of H-pyrrole nitrogens is 1. The fraction of sp³-hybridized carbons (Fsp3) is 0.222. The molecule has 13 nitrogen and oxygen atoms in total. The molecule has 0 spiro atoms. The third-order valence-corrected chi connectivity index (χ3v) is 6.11. The molecule has 1 aliphatic rings. The first-order chi connectivity index (χ1) is 19.6. The zero-order valence-corrected chi connectivity index (χ0v) is 22.3. The Kier molecular flexibility index (Phi) is 8.51. The monoisotopic (exact) mass is 564 g/mol. The van der Waals surface area contributed by atoms with Gasteiger partial charge in [-0.15, -0.1) is 5.10 Å². The number of pyridine rings is 1. The highest BCUT2D eigenvalue weighted by Crippen LogP contribution is 2.41. The number of hydrogen-bond acceptors (Lipinski definition) is 9. The highest BCUT2D eigenvalue weighted by Gasteiger charge is 2.30. The third-order valence-electron chi connectivity index (χ3n) is 6.11. The van der Waals surface area contributed by atoms with Gasteiger partial charge in [0.2, 0.25) is 0 Å². The molecule has 0 saturated heterocycles. The number of carbonyl (C=O) groups is 1. The van der Waals surface area contributed by atoms with Crippen molar-refractivity contribution in [1.82, 2.24) is 19.7 Å². The molecule has 8 N–H and O–H groups in total. The number of nitrogens with zero attached hydrogens (tertiary/aromatic N) is 3. The number of aromatic amines is 1. The van der Waals surface area contributed by atoms with Crippen LogP contribution in [0, 0.1) is 11.2 Å². The summed E-state index contributed by atoms with van der Waals surface area (Å²) in [7, 11) is 1.49. The highest BCUT2D eigenvalue weighted by molar-refractivity contribution is 5.95. The van der Waals surface area contributed by atoms with Gasteiger partial charge in [-0.1, -0.05) is 0 Å². The second-order valence-corrected chi connectivity index (χ2v) is 8.96. The maximum absolute atomic E-state index is 16.0. The number of rotatable bonds is 7. The molecule has 1 atom stereocenters. The lowest BCUT2D eigenvalue weighted by molar-refractivity contribution is -0.134. The van der Waals surface area contributed by atoms with Crippen molar-refractivity contribution in [3.63, 3.8) is 0 Å². The van der Waals surface area contributed by atoms with Gasteiger partial charge in [0.05, 0.1) is 13.7 Å². The fourth-order valence-corrected chi connectivity index (χ4v) is 4.29. The predicted octanol–water partition coefficient (Wildman–Crippen LogP) is 2.59. The van der Waals surface area contributed by atoms with E-state index < -0.39 is 23.5 Å². The number of anilines is 2. The normalized spacial score (nSPS) is 12.7. The minimum Gasteiger partial charge on any atom is -0.493 e. The van der Waals surface area contributed by atoms with E-state index >= 15 is 4.39 Å². The molecule has 0 saturated carbocycles. The molecule has 1 aliphatic heterocycles. The minimum atomic E-state index is -0.934. The number of aromatic nitrogens is 4. The van der Waals surface area contributed by atoms with Crippen molar-refractivity contribution in [1.29, 1.82) is 5.41 Å². The maximum Gasteiger partial charge on any atom is 0.348 e. The van der Waals surface area contributed by atoms with Gasteiger partial charge in [0, 0.05) is 35.5 Å². The van der Waals surface area contributed by atoms with Crippen LogP contribution in [-0.4, -0.2) is 50.4 Å². The molecule has 2 aromatic carbocycles. The molecular weight excluding hydrogens is 535 g/mol. The molecule has 41 heavy (non-hydrogen) atoms. The first kappa shape index (κ1) is 28.6. The Morgan fingerprint density at radius 3 is 2.66 bits per heavy atom. The van der Waals surface area contributed by atoms with Crippen LogP contribution in [0.3, 0.4) is 0 Å². The molecular formula is C27H29FN8O5. The van der Waals surface area contributed by atoms with Crippen LogP contribution in [0.4, 0.5) is 15.9 Å². The second-order valence-electron chi connectivity index (χ2n) is 8.96. The summed E-state index contributed by atoms with van der Waals surface area (Å²) in [6.07, 6.45) is 2.64. The molecule has 3 heterocycles. The average Bonchev–Trinajstić information content (AvgIpc) is 3.33. The van der Waals surface area contributed by atoms with E-state index in [4.69, 9.17) is 36.3 Å². The minimum absolute atomic E-state index is 0.0781. The predicted molar refractivity (Wildman–Crippen MR) is 149 cm³/mol. The number of methoxy groups -OCH3 is 1. The average molecular weight is 565 g/mol. The number of hydrogen-bond donors (Lipinski definition) is 6. The molecule has 0 aliphatic carbocycles. The Balaban J connectivity index is 0.000000909. The SMILES string of the molecule is CC(=O)O.COc1cc([C@H](Nc2ccc(C(=N)N)cc2)c2nn(-c3cccnc3N)c(=O)[nH]2)c(F)c2c1OCCC2. The topological polar surface area (TPSA) is 207 Å². The second kappa shape index (κ2) is 12.2. The van der Waals surface area contributed by atoms with Crippen molar-refractivity contribution < 1.29 is 23.8 Å². The third kappa shape index (κ3) is 6.27. The summed E-state index contributed by atoms with van der Waals surface area (Å²) < 4.78 is 28.3. The smallest absolute Gasteiger partial charge is 0.348 e. The molecule has 2 aromatic heterocycles. The molecule has 0 fully saturated rings. The van der Waals surface area contributed by atoms with Crippen molar-refractivity contribution >= 4 is 23.3 Å². The van der Waals surface area contributed by atoms with E-state index in [0.717, 1.165) is 11.6 Å². The standard InChI is InChI=1S/C25H25FN8O3.C2H4O2/c1-36-18-12-16(19(26)15-4-3-11-37-21(15)18)20(31-14-8-6-13(7-9-14)22(27)28)24-32-25(35)34(33-24)17-5-2-10-30-23(17)29;1-2(3)4/h2,5-10,12,20,31H,3-4,11H2,1H3,(H3,27,28)(H2,29,30)(H,32,33,35);1H3,(H,3,4)/t20-;/m0./s1. The highest BCUT2D eigenvalue weighted by atomic mass is 19.1.